The second-order valence-corrected chi connectivity index (χ2v) is 3.78. The molecule has 108 valence electrons. The Morgan fingerprint density at radius 2 is 1.74 bits per heavy atom. The molecule has 0 aromatic heterocycles. The first-order valence-corrected chi connectivity index (χ1v) is 6.27. The van der Waals surface area contributed by atoms with Gasteiger partial charge in [0, 0.05) is 13.2 Å². The fourth-order valence-corrected chi connectivity index (χ4v) is 1.26. The lowest BCUT2D eigenvalue weighted by molar-refractivity contribution is 0.0584. The Hall–Kier alpha value is -1.59. The van der Waals surface area contributed by atoms with Crippen molar-refractivity contribution in [1.82, 2.24) is 0 Å². The first-order valence-electron chi connectivity index (χ1n) is 6.27. The predicted molar refractivity (Wildman–Crippen MR) is 74.3 cm³/mol. The third-order valence-corrected chi connectivity index (χ3v) is 2.20. The molecule has 0 saturated carbocycles. The summed E-state index contributed by atoms with van der Waals surface area (Å²) in [6.07, 6.45) is 0. The summed E-state index contributed by atoms with van der Waals surface area (Å²) in [6, 6.07) is 4.73. The Balaban J connectivity index is 0.000000362. The van der Waals surface area contributed by atoms with Gasteiger partial charge in [-0.3, -0.25) is 4.79 Å². The van der Waals surface area contributed by atoms with E-state index in [0.29, 0.717) is 0 Å². The first-order chi connectivity index (χ1) is 9.02. The lowest BCUT2D eigenvalue weighted by Gasteiger charge is -1.99. The van der Waals surface area contributed by atoms with Crippen molar-refractivity contribution < 1.29 is 19.4 Å². The summed E-state index contributed by atoms with van der Waals surface area (Å²) in [6.45, 7) is 8.80. The second-order valence-electron chi connectivity index (χ2n) is 3.78. The molecule has 1 aromatic carbocycles. The van der Waals surface area contributed by atoms with Gasteiger partial charge in [0.05, 0.1) is 18.8 Å². The summed E-state index contributed by atoms with van der Waals surface area (Å²) < 4.78 is 10.0. The third-order valence-electron chi connectivity index (χ3n) is 2.20. The molecule has 0 radical (unpaired) electrons. The van der Waals surface area contributed by atoms with Crippen LogP contribution in [0.3, 0.4) is 0 Å². The van der Waals surface area contributed by atoms with E-state index in [1.807, 2.05) is 20.8 Å². The molecule has 1 amide bonds. The minimum Gasteiger partial charge on any atom is -0.507 e. The van der Waals surface area contributed by atoms with Crippen LogP contribution in [0.15, 0.2) is 18.2 Å². The van der Waals surface area contributed by atoms with Crippen molar-refractivity contribution in [3.63, 3.8) is 0 Å². The number of hydrogen-bond acceptors (Lipinski definition) is 4. The molecule has 1 rings (SSSR count). The topological polar surface area (TPSA) is 81.8 Å². The summed E-state index contributed by atoms with van der Waals surface area (Å²) in [5.74, 6) is -0.667. The van der Waals surface area contributed by atoms with Gasteiger partial charge in [0.15, 0.2) is 0 Å². The highest BCUT2D eigenvalue weighted by molar-refractivity contribution is 5.95. The molecule has 0 unspecified atom stereocenters. The largest absolute Gasteiger partial charge is 0.507 e. The van der Waals surface area contributed by atoms with Gasteiger partial charge in [0.2, 0.25) is 0 Å². The molecule has 0 spiro atoms. The van der Waals surface area contributed by atoms with Crippen LogP contribution in [0.5, 0.6) is 5.75 Å². The number of phenols is 1. The number of hydrogen-bond donors (Lipinski definition) is 2. The molecule has 0 aliphatic carbocycles. The highest BCUT2D eigenvalue weighted by atomic mass is 16.5. The van der Waals surface area contributed by atoms with E-state index in [9.17, 15) is 4.79 Å². The number of amides is 1. The third kappa shape index (κ3) is 8.18. The molecule has 0 heterocycles. The Bertz CT molecular complexity index is 374. The number of nitrogens with two attached hydrogens (primary N) is 1. The van der Waals surface area contributed by atoms with Gasteiger partial charge >= 0.3 is 0 Å². The van der Waals surface area contributed by atoms with E-state index >= 15 is 0 Å². The maximum absolute atomic E-state index is 10.6. The summed E-state index contributed by atoms with van der Waals surface area (Å²) in [4.78, 5) is 10.6. The van der Waals surface area contributed by atoms with Gasteiger partial charge in [-0.15, -0.1) is 0 Å². The molecule has 3 N–H and O–H groups in total. The normalized spacial score (nSPS) is 9.63. The van der Waals surface area contributed by atoms with Crippen molar-refractivity contribution in [1.29, 1.82) is 0 Å². The number of rotatable bonds is 6. The lowest BCUT2D eigenvalue weighted by Crippen LogP contribution is -2.10. The number of aromatic hydroxyl groups is 1. The zero-order chi connectivity index (χ0) is 14.7. The van der Waals surface area contributed by atoms with Crippen LogP contribution in [0.25, 0.3) is 0 Å². The van der Waals surface area contributed by atoms with E-state index in [2.05, 4.69) is 0 Å². The molecule has 0 fully saturated rings. The number of primary amides is 1. The van der Waals surface area contributed by atoms with Crippen molar-refractivity contribution in [2.24, 2.45) is 5.73 Å². The van der Waals surface area contributed by atoms with Gasteiger partial charge in [0.1, 0.15) is 5.75 Å². The molecular weight excluding hydrogens is 246 g/mol. The highest BCUT2D eigenvalue weighted by Gasteiger charge is 2.05. The Labute approximate surface area is 114 Å². The van der Waals surface area contributed by atoms with Gasteiger partial charge in [-0.05, 0) is 38.5 Å². The van der Waals surface area contributed by atoms with Crippen molar-refractivity contribution in [3.8, 4) is 5.75 Å². The number of aryl methyl sites for hydroxylation is 1. The highest BCUT2D eigenvalue weighted by Crippen LogP contribution is 2.17. The van der Waals surface area contributed by atoms with E-state index in [-0.39, 0.29) is 11.3 Å². The monoisotopic (exact) mass is 269 g/mol. The summed E-state index contributed by atoms with van der Waals surface area (Å²) in [7, 11) is 0. The molecule has 0 bridgehead atoms. The number of benzene rings is 1. The Morgan fingerprint density at radius 3 is 2.11 bits per heavy atom. The van der Waals surface area contributed by atoms with Crippen LogP contribution in [-0.4, -0.2) is 37.4 Å². The van der Waals surface area contributed by atoms with Crippen LogP contribution in [-0.2, 0) is 9.47 Å². The van der Waals surface area contributed by atoms with Gasteiger partial charge in [0.25, 0.3) is 5.91 Å². The molecule has 0 aliphatic heterocycles. The van der Waals surface area contributed by atoms with E-state index in [1.54, 1.807) is 6.07 Å². The zero-order valence-corrected chi connectivity index (χ0v) is 11.8. The Morgan fingerprint density at radius 1 is 1.21 bits per heavy atom. The Kier molecular flexibility index (Phi) is 9.48. The van der Waals surface area contributed by atoms with Crippen molar-refractivity contribution >= 4 is 5.91 Å². The fraction of sp³-hybridized carbons (Fsp3) is 0.500. The minimum atomic E-state index is -0.609. The molecular formula is C14H23NO4. The van der Waals surface area contributed by atoms with E-state index < -0.39 is 5.91 Å². The van der Waals surface area contributed by atoms with Gasteiger partial charge in [-0.25, -0.2) is 0 Å². The van der Waals surface area contributed by atoms with Gasteiger partial charge in [-0.1, -0.05) is 6.07 Å². The molecule has 5 nitrogen and oxygen atoms in total. The van der Waals surface area contributed by atoms with Crippen LogP contribution >= 0.6 is 0 Å². The molecule has 19 heavy (non-hydrogen) atoms. The molecule has 0 aliphatic rings. The smallest absolute Gasteiger partial charge is 0.252 e. The van der Waals surface area contributed by atoms with E-state index in [1.165, 1.54) is 12.1 Å². The summed E-state index contributed by atoms with van der Waals surface area (Å²) in [5.41, 5.74) is 6.02. The maximum atomic E-state index is 10.6. The van der Waals surface area contributed by atoms with Crippen LogP contribution < -0.4 is 5.73 Å². The quantitative estimate of drug-likeness (QED) is 0.772. The van der Waals surface area contributed by atoms with Crippen LogP contribution in [0.2, 0.25) is 0 Å². The summed E-state index contributed by atoms with van der Waals surface area (Å²) in [5, 5.41) is 9.16. The maximum Gasteiger partial charge on any atom is 0.252 e. The fourth-order valence-electron chi connectivity index (χ4n) is 1.26. The minimum absolute atomic E-state index is 0.0579. The SMILES string of the molecule is CCOCCOCC.Cc1ccc(C(N)=O)c(O)c1. The van der Waals surface area contributed by atoms with Crippen molar-refractivity contribution in [3.05, 3.63) is 29.3 Å². The molecule has 5 heteroatoms. The molecule has 0 saturated heterocycles. The van der Waals surface area contributed by atoms with Gasteiger partial charge < -0.3 is 20.3 Å². The molecule has 1 aromatic rings. The van der Waals surface area contributed by atoms with Crippen molar-refractivity contribution in [2.75, 3.05) is 26.4 Å². The first kappa shape index (κ1) is 17.4. The lowest BCUT2D eigenvalue weighted by atomic mass is 10.1. The zero-order valence-electron chi connectivity index (χ0n) is 11.8. The average molecular weight is 269 g/mol. The average Bonchev–Trinajstić information content (AvgIpc) is 2.35. The van der Waals surface area contributed by atoms with Crippen molar-refractivity contribution in [2.45, 2.75) is 20.8 Å². The van der Waals surface area contributed by atoms with E-state index in [0.717, 1.165) is 32.0 Å². The van der Waals surface area contributed by atoms with E-state index in [4.69, 9.17) is 20.3 Å². The predicted octanol–water partition coefficient (Wildman–Crippen LogP) is 1.86. The number of carbonyl (C=O) groups excluding carboxylic acids is 1. The second kappa shape index (κ2) is 10.3. The van der Waals surface area contributed by atoms with Crippen LogP contribution in [0.4, 0.5) is 0 Å². The number of carbonyl (C=O) groups is 1. The van der Waals surface area contributed by atoms with Crippen LogP contribution in [0.1, 0.15) is 29.8 Å². The summed E-state index contributed by atoms with van der Waals surface area (Å²) >= 11 is 0. The molecule has 0 atom stereocenters. The standard InChI is InChI=1S/C8H9NO2.C6H14O2/c1-5-2-3-6(8(9)11)7(10)4-5;1-3-7-5-6-8-4-2/h2-4,10H,1H3,(H2,9,11);3-6H2,1-2H3. The number of ether oxygens (including phenoxy) is 2. The van der Waals surface area contributed by atoms with Gasteiger partial charge in [-0.2, -0.15) is 0 Å². The van der Waals surface area contributed by atoms with Crippen LogP contribution in [0, 0.1) is 6.92 Å².